The number of methoxy groups -OCH3 is 1. The molecule has 0 aliphatic carbocycles. The van der Waals surface area contributed by atoms with Gasteiger partial charge in [0.15, 0.2) is 24.2 Å². The lowest BCUT2D eigenvalue weighted by Gasteiger charge is -2.16. The van der Waals surface area contributed by atoms with Crippen LogP contribution in [0.25, 0.3) is 6.08 Å². The van der Waals surface area contributed by atoms with E-state index in [2.05, 4.69) is 5.32 Å². The molecule has 0 saturated carbocycles. The van der Waals surface area contributed by atoms with Gasteiger partial charge in [-0.2, -0.15) is 0 Å². The fraction of sp³-hybridized carbons (Fsp3) is 0.304. The van der Waals surface area contributed by atoms with Crippen molar-refractivity contribution in [3.05, 3.63) is 54.1 Å². The zero-order valence-corrected chi connectivity index (χ0v) is 18.0. The largest absolute Gasteiger partial charge is 0.493 e. The number of esters is 1. The summed E-state index contributed by atoms with van der Waals surface area (Å²) in [5, 5.41) is 2.72. The molecular weight excluding hydrogens is 384 g/mol. The zero-order valence-electron chi connectivity index (χ0n) is 18.0. The van der Waals surface area contributed by atoms with Gasteiger partial charge in [0.1, 0.15) is 0 Å². The minimum atomic E-state index is -0.964. The molecule has 1 amide bonds. The van der Waals surface area contributed by atoms with Crippen molar-refractivity contribution in [2.45, 2.75) is 20.0 Å². The van der Waals surface area contributed by atoms with Crippen LogP contribution in [0.15, 0.2) is 48.5 Å². The van der Waals surface area contributed by atoms with Crippen LogP contribution in [0.5, 0.6) is 11.5 Å². The highest BCUT2D eigenvalue weighted by molar-refractivity contribution is 5.95. The second-order valence-corrected chi connectivity index (χ2v) is 6.76. The molecule has 0 aliphatic rings. The number of amides is 1. The van der Waals surface area contributed by atoms with E-state index in [0.717, 1.165) is 11.3 Å². The molecule has 160 valence electrons. The molecular formula is C23H28N2O5. The number of benzene rings is 2. The maximum Gasteiger partial charge on any atom is 0.344 e. The van der Waals surface area contributed by atoms with E-state index in [-0.39, 0.29) is 6.61 Å². The summed E-state index contributed by atoms with van der Waals surface area (Å²) in [6.07, 6.45) is 2.87. The summed E-state index contributed by atoms with van der Waals surface area (Å²) in [4.78, 5) is 26.3. The lowest BCUT2D eigenvalue weighted by molar-refractivity contribution is -0.155. The van der Waals surface area contributed by atoms with Gasteiger partial charge in [0.05, 0.1) is 7.11 Å². The van der Waals surface area contributed by atoms with Crippen molar-refractivity contribution in [1.82, 2.24) is 0 Å². The topological polar surface area (TPSA) is 77.1 Å². The summed E-state index contributed by atoms with van der Waals surface area (Å²) in [7, 11) is 5.39. The van der Waals surface area contributed by atoms with E-state index >= 15 is 0 Å². The van der Waals surface area contributed by atoms with Crippen molar-refractivity contribution in [3.8, 4) is 11.5 Å². The van der Waals surface area contributed by atoms with Crippen molar-refractivity contribution in [1.29, 1.82) is 0 Å². The minimum Gasteiger partial charge on any atom is -0.493 e. The minimum absolute atomic E-state index is 0.339. The number of nitrogens with one attached hydrogen (secondary N) is 1. The number of hydrogen-bond donors (Lipinski definition) is 1. The highest BCUT2D eigenvalue weighted by Gasteiger charge is 2.19. The molecule has 0 aromatic heterocycles. The third kappa shape index (κ3) is 6.55. The van der Waals surface area contributed by atoms with E-state index in [4.69, 9.17) is 14.2 Å². The first-order valence-corrected chi connectivity index (χ1v) is 9.55. The Labute approximate surface area is 177 Å². The molecule has 2 rings (SSSR count). The van der Waals surface area contributed by atoms with Gasteiger partial charge in [-0.1, -0.05) is 18.2 Å². The standard InChI is InChI=1S/C23H28N2O5/c1-6-7-17-8-13-20(21(14-17)28-5)29-15-22(26)30-16(2)23(27)24-18-9-11-19(12-10-18)25(3)4/h6-14,16H,15H2,1-5H3,(H,24,27)/b7-6+. The number of carbonyl (C=O) groups is 2. The number of nitrogens with zero attached hydrogens (tertiary/aromatic N) is 1. The molecule has 7 heteroatoms. The van der Waals surface area contributed by atoms with Crippen molar-refractivity contribution in [3.63, 3.8) is 0 Å². The summed E-state index contributed by atoms with van der Waals surface area (Å²) < 4.78 is 16.0. The molecule has 1 N–H and O–H groups in total. The van der Waals surface area contributed by atoms with E-state index in [1.54, 1.807) is 24.3 Å². The van der Waals surface area contributed by atoms with E-state index in [1.807, 2.05) is 56.3 Å². The third-order valence-electron chi connectivity index (χ3n) is 4.22. The molecule has 0 aliphatic heterocycles. The average Bonchev–Trinajstić information content (AvgIpc) is 2.73. The lowest BCUT2D eigenvalue weighted by atomic mass is 10.2. The van der Waals surface area contributed by atoms with E-state index in [0.29, 0.717) is 17.2 Å². The quantitative estimate of drug-likeness (QED) is 0.632. The Morgan fingerprint density at radius 1 is 1.10 bits per heavy atom. The van der Waals surface area contributed by atoms with Crippen LogP contribution in [-0.4, -0.2) is 45.8 Å². The Bertz CT molecular complexity index is 891. The molecule has 1 unspecified atom stereocenters. The van der Waals surface area contributed by atoms with Gasteiger partial charge in [-0.05, 0) is 55.8 Å². The molecule has 1 atom stereocenters. The van der Waals surface area contributed by atoms with Crippen LogP contribution in [-0.2, 0) is 14.3 Å². The molecule has 2 aromatic rings. The van der Waals surface area contributed by atoms with Gasteiger partial charge >= 0.3 is 5.97 Å². The fourth-order valence-corrected chi connectivity index (χ4v) is 2.61. The predicted molar refractivity (Wildman–Crippen MR) is 118 cm³/mol. The molecule has 2 aromatic carbocycles. The monoisotopic (exact) mass is 412 g/mol. The molecule has 0 spiro atoms. The second kappa shape index (κ2) is 10.9. The zero-order chi connectivity index (χ0) is 22.1. The van der Waals surface area contributed by atoms with Gasteiger partial charge in [0.2, 0.25) is 0 Å². The Hall–Kier alpha value is -3.48. The van der Waals surface area contributed by atoms with Crippen molar-refractivity contribution < 1.29 is 23.8 Å². The maximum absolute atomic E-state index is 12.3. The molecule has 0 saturated heterocycles. The first kappa shape index (κ1) is 22.8. The van der Waals surface area contributed by atoms with Crippen LogP contribution in [0.2, 0.25) is 0 Å². The van der Waals surface area contributed by atoms with Gasteiger partial charge < -0.3 is 24.4 Å². The number of allylic oxidation sites excluding steroid dienone is 1. The third-order valence-corrected chi connectivity index (χ3v) is 4.22. The summed E-state index contributed by atoms with van der Waals surface area (Å²) in [5.74, 6) is -0.152. The summed E-state index contributed by atoms with van der Waals surface area (Å²) in [5.41, 5.74) is 2.59. The van der Waals surface area contributed by atoms with Crippen molar-refractivity contribution >= 4 is 29.3 Å². The van der Waals surface area contributed by atoms with E-state index in [9.17, 15) is 9.59 Å². The van der Waals surface area contributed by atoms with Crippen LogP contribution >= 0.6 is 0 Å². The molecule has 0 heterocycles. The van der Waals surface area contributed by atoms with E-state index < -0.39 is 18.0 Å². The van der Waals surface area contributed by atoms with Gasteiger partial charge in [0.25, 0.3) is 5.91 Å². The number of hydrogen-bond acceptors (Lipinski definition) is 6. The maximum atomic E-state index is 12.3. The SMILES string of the molecule is C/C=C/c1ccc(OCC(=O)OC(C)C(=O)Nc2ccc(N(C)C)cc2)c(OC)c1. The van der Waals surface area contributed by atoms with Crippen LogP contribution in [0.4, 0.5) is 11.4 Å². The Morgan fingerprint density at radius 2 is 1.80 bits per heavy atom. The lowest BCUT2D eigenvalue weighted by Crippen LogP contribution is -2.31. The average molecular weight is 412 g/mol. The van der Waals surface area contributed by atoms with Gasteiger partial charge in [0, 0.05) is 25.5 Å². The Morgan fingerprint density at radius 3 is 2.40 bits per heavy atom. The van der Waals surface area contributed by atoms with Crippen molar-refractivity contribution in [2.24, 2.45) is 0 Å². The molecule has 30 heavy (non-hydrogen) atoms. The predicted octanol–water partition coefficient (Wildman–Crippen LogP) is 3.74. The second-order valence-electron chi connectivity index (χ2n) is 6.76. The number of anilines is 2. The molecule has 0 bridgehead atoms. The Balaban J connectivity index is 1.87. The van der Waals surface area contributed by atoms with Crippen LogP contribution in [0.1, 0.15) is 19.4 Å². The number of ether oxygens (including phenoxy) is 3. The highest BCUT2D eigenvalue weighted by atomic mass is 16.6. The molecule has 7 nitrogen and oxygen atoms in total. The molecule has 0 fully saturated rings. The Kier molecular flexibility index (Phi) is 8.29. The van der Waals surface area contributed by atoms with Gasteiger partial charge in [-0.3, -0.25) is 4.79 Å². The first-order chi connectivity index (χ1) is 14.3. The summed E-state index contributed by atoms with van der Waals surface area (Å²) in [6, 6.07) is 12.7. The van der Waals surface area contributed by atoms with Crippen LogP contribution in [0.3, 0.4) is 0 Å². The normalized spacial score (nSPS) is 11.6. The van der Waals surface area contributed by atoms with Crippen LogP contribution < -0.4 is 19.7 Å². The van der Waals surface area contributed by atoms with Crippen LogP contribution in [0, 0.1) is 0 Å². The fourth-order valence-electron chi connectivity index (χ4n) is 2.61. The van der Waals surface area contributed by atoms with Gasteiger partial charge in [-0.15, -0.1) is 0 Å². The number of rotatable bonds is 9. The smallest absolute Gasteiger partial charge is 0.344 e. The summed E-state index contributed by atoms with van der Waals surface area (Å²) >= 11 is 0. The van der Waals surface area contributed by atoms with Crippen molar-refractivity contribution in [2.75, 3.05) is 38.0 Å². The van der Waals surface area contributed by atoms with Gasteiger partial charge in [-0.25, -0.2) is 4.79 Å². The highest BCUT2D eigenvalue weighted by Crippen LogP contribution is 2.28. The first-order valence-electron chi connectivity index (χ1n) is 9.55. The van der Waals surface area contributed by atoms with E-state index in [1.165, 1.54) is 14.0 Å². The molecule has 0 radical (unpaired) electrons. The number of carbonyl (C=O) groups excluding carboxylic acids is 2. The summed E-state index contributed by atoms with van der Waals surface area (Å²) in [6.45, 7) is 3.09.